The number of benzene rings is 1. The molecule has 1 rings (SSSR count). The molecule has 0 unspecified atom stereocenters. The zero-order chi connectivity index (χ0) is 11.4. The summed E-state index contributed by atoms with van der Waals surface area (Å²) in [4.78, 5) is 11.3. The van der Waals surface area contributed by atoms with E-state index in [1.165, 1.54) is 11.1 Å². The third-order valence-corrected chi connectivity index (χ3v) is 2.67. The number of hydrogen-bond acceptors (Lipinski definition) is 1. The second-order valence-corrected chi connectivity index (χ2v) is 4.19. The fraction of sp³-hybridized carbons (Fsp3) is 0.462. The summed E-state index contributed by atoms with van der Waals surface area (Å²) in [5.74, 6) is 0.577. The molecule has 2 heteroatoms. The van der Waals surface area contributed by atoms with Crippen molar-refractivity contribution in [2.45, 2.75) is 33.1 Å². The number of likely N-dealkylation sites (N-methyl/N-ethyl adjacent to an activating group) is 1. The maximum Gasteiger partial charge on any atom is 0.224 e. The maximum absolute atomic E-state index is 11.3. The topological polar surface area (TPSA) is 29.1 Å². The van der Waals surface area contributed by atoms with E-state index < -0.39 is 0 Å². The quantitative estimate of drug-likeness (QED) is 0.806. The zero-order valence-corrected chi connectivity index (χ0v) is 9.92. The van der Waals surface area contributed by atoms with Crippen molar-refractivity contribution in [3.63, 3.8) is 0 Å². The van der Waals surface area contributed by atoms with Gasteiger partial charge in [-0.1, -0.05) is 32.0 Å². The minimum atomic E-state index is 0.0685. The highest BCUT2D eigenvalue weighted by molar-refractivity contribution is 5.78. The van der Waals surface area contributed by atoms with Crippen molar-refractivity contribution in [2.75, 3.05) is 7.05 Å². The van der Waals surface area contributed by atoms with Crippen LogP contribution in [0.25, 0.3) is 0 Å². The Bertz CT molecular complexity index is 356. The normalized spacial score (nSPS) is 10.5. The first-order chi connectivity index (χ1) is 7.04. The Morgan fingerprint density at radius 2 is 2.07 bits per heavy atom. The first-order valence-electron chi connectivity index (χ1n) is 5.34. The lowest BCUT2D eigenvalue weighted by Gasteiger charge is -2.10. The highest BCUT2D eigenvalue weighted by atomic mass is 16.1. The molecule has 0 saturated heterocycles. The summed E-state index contributed by atoms with van der Waals surface area (Å²) in [5.41, 5.74) is 3.60. The van der Waals surface area contributed by atoms with Crippen LogP contribution in [0, 0.1) is 6.92 Å². The minimum Gasteiger partial charge on any atom is -0.359 e. The summed E-state index contributed by atoms with van der Waals surface area (Å²) in [6.07, 6.45) is 0.475. The van der Waals surface area contributed by atoms with Gasteiger partial charge in [-0.3, -0.25) is 4.79 Å². The van der Waals surface area contributed by atoms with E-state index in [-0.39, 0.29) is 5.91 Å². The molecule has 2 nitrogen and oxygen atoms in total. The molecule has 0 spiro atoms. The molecule has 0 radical (unpaired) electrons. The zero-order valence-electron chi connectivity index (χ0n) is 9.92. The molecule has 0 aliphatic rings. The van der Waals surface area contributed by atoms with Crippen LogP contribution in [-0.4, -0.2) is 13.0 Å². The Morgan fingerprint density at radius 3 is 2.60 bits per heavy atom. The van der Waals surface area contributed by atoms with Gasteiger partial charge in [0.2, 0.25) is 5.91 Å². The summed E-state index contributed by atoms with van der Waals surface area (Å²) >= 11 is 0. The Labute approximate surface area is 91.7 Å². The van der Waals surface area contributed by atoms with E-state index in [2.05, 4.69) is 37.4 Å². The molecule has 0 fully saturated rings. The summed E-state index contributed by atoms with van der Waals surface area (Å²) in [6.45, 7) is 6.37. The predicted molar refractivity (Wildman–Crippen MR) is 63.0 cm³/mol. The fourth-order valence-corrected chi connectivity index (χ4v) is 1.50. The van der Waals surface area contributed by atoms with Crippen molar-refractivity contribution >= 4 is 5.91 Å². The average molecular weight is 205 g/mol. The van der Waals surface area contributed by atoms with Crippen molar-refractivity contribution < 1.29 is 4.79 Å². The van der Waals surface area contributed by atoms with E-state index in [1.807, 2.05) is 6.92 Å². The monoisotopic (exact) mass is 205 g/mol. The largest absolute Gasteiger partial charge is 0.359 e. The first kappa shape index (κ1) is 11.8. The van der Waals surface area contributed by atoms with Gasteiger partial charge in [0.1, 0.15) is 0 Å². The highest BCUT2D eigenvalue weighted by Gasteiger charge is 2.06. The second kappa shape index (κ2) is 4.96. The number of rotatable bonds is 3. The van der Waals surface area contributed by atoms with E-state index in [0.717, 1.165) is 5.56 Å². The van der Waals surface area contributed by atoms with Crippen LogP contribution in [0.15, 0.2) is 18.2 Å². The van der Waals surface area contributed by atoms with Gasteiger partial charge >= 0.3 is 0 Å². The van der Waals surface area contributed by atoms with Gasteiger partial charge in [-0.15, -0.1) is 0 Å². The van der Waals surface area contributed by atoms with Crippen molar-refractivity contribution in [1.29, 1.82) is 0 Å². The van der Waals surface area contributed by atoms with Gasteiger partial charge in [-0.25, -0.2) is 0 Å². The van der Waals surface area contributed by atoms with Crippen LogP contribution in [0.2, 0.25) is 0 Å². The molecule has 0 atom stereocenters. The number of carbonyl (C=O) groups is 1. The van der Waals surface area contributed by atoms with Crippen LogP contribution in [0.3, 0.4) is 0 Å². The number of aryl methyl sites for hydroxylation is 1. The molecule has 0 saturated carbocycles. The lowest BCUT2D eigenvalue weighted by molar-refractivity contribution is -0.119. The molecule has 0 bridgehead atoms. The van der Waals surface area contributed by atoms with E-state index >= 15 is 0 Å². The van der Waals surface area contributed by atoms with Gasteiger partial charge in [-0.2, -0.15) is 0 Å². The van der Waals surface area contributed by atoms with Gasteiger partial charge in [0, 0.05) is 7.05 Å². The van der Waals surface area contributed by atoms with Crippen LogP contribution in [0.4, 0.5) is 0 Å². The Morgan fingerprint density at radius 1 is 1.40 bits per heavy atom. The number of hydrogen-bond donors (Lipinski definition) is 1. The minimum absolute atomic E-state index is 0.0685. The summed E-state index contributed by atoms with van der Waals surface area (Å²) in [5, 5.41) is 2.65. The molecule has 1 N–H and O–H groups in total. The van der Waals surface area contributed by atoms with E-state index in [1.54, 1.807) is 7.05 Å². The molecule has 82 valence electrons. The number of nitrogens with one attached hydrogen (secondary N) is 1. The van der Waals surface area contributed by atoms with Gasteiger partial charge < -0.3 is 5.32 Å². The van der Waals surface area contributed by atoms with Gasteiger partial charge in [0.05, 0.1) is 6.42 Å². The smallest absolute Gasteiger partial charge is 0.224 e. The third kappa shape index (κ3) is 3.08. The molecule has 0 heterocycles. The molecule has 15 heavy (non-hydrogen) atoms. The number of amides is 1. The Kier molecular flexibility index (Phi) is 3.89. The third-order valence-electron chi connectivity index (χ3n) is 2.67. The summed E-state index contributed by atoms with van der Waals surface area (Å²) in [6, 6.07) is 6.36. The maximum atomic E-state index is 11.3. The first-order valence-corrected chi connectivity index (χ1v) is 5.34. The second-order valence-electron chi connectivity index (χ2n) is 4.19. The van der Waals surface area contributed by atoms with Crippen molar-refractivity contribution in [3.8, 4) is 0 Å². The van der Waals surface area contributed by atoms with Crippen LogP contribution >= 0.6 is 0 Å². The Balaban J connectivity index is 2.95. The van der Waals surface area contributed by atoms with Crippen molar-refractivity contribution in [2.24, 2.45) is 0 Å². The molecule has 1 aromatic carbocycles. The standard InChI is InChI=1S/C13H19NO/c1-9(2)11-6-5-10(3)12(7-11)8-13(15)14-4/h5-7,9H,8H2,1-4H3,(H,14,15). The van der Waals surface area contributed by atoms with E-state index in [0.29, 0.717) is 12.3 Å². The van der Waals surface area contributed by atoms with E-state index in [4.69, 9.17) is 0 Å². The van der Waals surface area contributed by atoms with Crippen LogP contribution in [0.5, 0.6) is 0 Å². The summed E-state index contributed by atoms with van der Waals surface area (Å²) < 4.78 is 0. The van der Waals surface area contributed by atoms with Crippen molar-refractivity contribution in [3.05, 3.63) is 34.9 Å². The van der Waals surface area contributed by atoms with Gasteiger partial charge in [-0.05, 0) is 29.5 Å². The molecule has 0 aliphatic carbocycles. The van der Waals surface area contributed by atoms with Crippen LogP contribution in [-0.2, 0) is 11.2 Å². The van der Waals surface area contributed by atoms with Crippen LogP contribution < -0.4 is 5.32 Å². The molecule has 0 aliphatic heterocycles. The molecule has 1 amide bonds. The van der Waals surface area contributed by atoms with E-state index in [9.17, 15) is 4.79 Å². The fourth-order valence-electron chi connectivity index (χ4n) is 1.50. The highest BCUT2D eigenvalue weighted by Crippen LogP contribution is 2.18. The lowest BCUT2D eigenvalue weighted by atomic mass is 9.96. The summed E-state index contributed by atoms with van der Waals surface area (Å²) in [7, 11) is 1.67. The lowest BCUT2D eigenvalue weighted by Crippen LogP contribution is -2.20. The molecule has 0 aromatic heterocycles. The number of carbonyl (C=O) groups excluding carboxylic acids is 1. The Hall–Kier alpha value is -1.31. The molecule has 1 aromatic rings. The predicted octanol–water partition coefficient (Wildman–Crippen LogP) is 2.41. The van der Waals surface area contributed by atoms with Crippen LogP contribution in [0.1, 0.15) is 36.5 Å². The van der Waals surface area contributed by atoms with Gasteiger partial charge in [0.15, 0.2) is 0 Å². The van der Waals surface area contributed by atoms with Gasteiger partial charge in [0.25, 0.3) is 0 Å². The average Bonchev–Trinajstić information content (AvgIpc) is 2.20. The molecular weight excluding hydrogens is 186 g/mol. The molecular formula is C13H19NO. The van der Waals surface area contributed by atoms with Crippen molar-refractivity contribution in [1.82, 2.24) is 5.32 Å². The SMILES string of the molecule is CNC(=O)Cc1cc(C(C)C)ccc1C.